The maximum Gasteiger partial charge on any atom is 0.157 e. The minimum absolute atomic E-state index is 0.493. The minimum Gasteiger partial charge on any atom is -0.391 e. The van der Waals surface area contributed by atoms with Crippen LogP contribution in [0.25, 0.3) is 0 Å². The fourth-order valence-corrected chi connectivity index (χ4v) is 3.20. The molecule has 0 aliphatic heterocycles. The molecule has 0 aromatic heterocycles. The smallest absolute Gasteiger partial charge is 0.157 e. The lowest BCUT2D eigenvalue weighted by atomic mass is 10.0. The van der Waals surface area contributed by atoms with Gasteiger partial charge >= 0.3 is 0 Å². The van der Waals surface area contributed by atoms with E-state index in [1.165, 1.54) is 6.26 Å². The Morgan fingerprint density at radius 2 is 1.81 bits per heavy atom. The van der Waals surface area contributed by atoms with Crippen LogP contribution in [0.3, 0.4) is 0 Å². The van der Waals surface area contributed by atoms with Gasteiger partial charge in [0.2, 0.25) is 0 Å². The van der Waals surface area contributed by atoms with Crippen molar-refractivity contribution in [3.63, 3.8) is 0 Å². The van der Waals surface area contributed by atoms with Crippen LogP contribution in [0.15, 0.2) is 30.3 Å². The van der Waals surface area contributed by atoms with Gasteiger partial charge in [-0.3, -0.25) is 0 Å². The highest BCUT2D eigenvalue weighted by Gasteiger charge is 2.29. The normalized spacial score (nSPS) is 15.7. The van der Waals surface area contributed by atoms with Gasteiger partial charge < -0.3 is 5.11 Å². The van der Waals surface area contributed by atoms with Crippen LogP contribution in [0.5, 0.6) is 0 Å². The molecule has 4 heteroatoms. The van der Waals surface area contributed by atoms with Crippen LogP contribution in [0.2, 0.25) is 0 Å². The maximum atomic E-state index is 11.7. The van der Waals surface area contributed by atoms with Crippen molar-refractivity contribution >= 4 is 9.84 Å². The second-order valence-electron chi connectivity index (χ2n) is 4.02. The monoisotopic (exact) mass is 242 g/mol. The average Bonchev–Trinajstić information content (AvgIpc) is 2.17. The molecule has 0 spiro atoms. The summed E-state index contributed by atoms with van der Waals surface area (Å²) in [6, 6.07) is 8.88. The van der Waals surface area contributed by atoms with E-state index in [1.807, 2.05) is 13.0 Å². The third kappa shape index (κ3) is 3.32. The summed E-state index contributed by atoms with van der Waals surface area (Å²) in [7, 11) is -3.29. The Kier molecular flexibility index (Phi) is 4.50. The van der Waals surface area contributed by atoms with E-state index >= 15 is 0 Å². The van der Waals surface area contributed by atoms with Crippen molar-refractivity contribution in [3.8, 4) is 0 Å². The van der Waals surface area contributed by atoms with Crippen LogP contribution in [0, 0.1) is 0 Å². The number of sulfone groups is 1. The summed E-state index contributed by atoms with van der Waals surface area (Å²) < 4.78 is 23.4. The second-order valence-corrected chi connectivity index (χ2v) is 6.18. The van der Waals surface area contributed by atoms with Crippen LogP contribution in [-0.4, -0.2) is 25.9 Å². The fraction of sp³-hybridized carbons (Fsp3) is 0.500. The van der Waals surface area contributed by atoms with Crippen molar-refractivity contribution in [1.82, 2.24) is 0 Å². The minimum atomic E-state index is -3.29. The lowest BCUT2D eigenvalue weighted by molar-refractivity contribution is 0.157. The molecule has 0 bridgehead atoms. The SMILES string of the molecule is CCCC(O)C(c1ccccc1)S(C)(=O)=O. The predicted molar refractivity (Wildman–Crippen MR) is 64.9 cm³/mol. The quantitative estimate of drug-likeness (QED) is 0.858. The maximum absolute atomic E-state index is 11.7. The topological polar surface area (TPSA) is 54.4 Å². The van der Waals surface area contributed by atoms with Crippen LogP contribution < -0.4 is 0 Å². The van der Waals surface area contributed by atoms with Gasteiger partial charge in [0.15, 0.2) is 9.84 Å². The predicted octanol–water partition coefficient (Wildman–Crippen LogP) is 1.93. The first-order valence-corrected chi connectivity index (χ1v) is 7.34. The summed E-state index contributed by atoms with van der Waals surface area (Å²) in [6.07, 6.45) is 1.60. The van der Waals surface area contributed by atoms with E-state index in [0.29, 0.717) is 12.0 Å². The van der Waals surface area contributed by atoms with Crippen molar-refractivity contribution < 1.29 is 13.5 Å². The molecule has 2 atom stereocenters. The lowest BCUT2D eigenvalue weighted by Crippen LogP contribution is -2.25. The number of benzene rings is 1. The van der Waals surface area contributed by atoms with Gasteiger partial charge in [-0.2, -0.15) is 0 Å². The van der Waals surface area contributed by atoms with Gasteiger partial charge in [-0.25, -0.2) is 8.42 Å². The van der Waals surface area contributed by atoms with E-state index in [1.54, 1.807) is 24.3 Å². The molecule has 0 fully saturated rings. The first kappa shape index (κ1) is 13.2. The van der Waals surface area contributed by atoms with Crippen LogP contribution in [0.4, 0.5) is 0 Å². The largest absolute Gasteiger partial charge is 0.391 e. The van der Waals surface area contributed by atoms with Crippen molar-refractivity contribution in [3.05, 3.63) is 35.9 Å². The van der Waals surface area contributed by atoms with Crippen molar-refractivity contribution in [1.29, 1.82) is 0 Å². The lowest BCUT2D eigenvalue weighted by Gasteiger charge is -2.21. The van der Waals surface area contributed by atoms with Crippen LogP contribution in [-0.2, 0) is 9.84 Å². The van der Waals surface area contributed by atoms with Gasteiger partial charge in [0.25, 0.3) is 0 Å². The van der Waals surface area contributed by atoms with E-state index in [2.05, 4.69) is 0 Å². The van der Waals surface area contributed by atoms with Gasteiger partial charge in [0.1, 0.15) is 5.25 Å². The summed E-state index contributed by atoms with van der Waals surface area (Å²) in [6.45, 7) is 1.92. The van der Waals surface area contributed by atoms with Crippen LogP contribution >= 0.6 is 0 Å². The summed E-state index contributed by atoms with van der Waals surface area (Å²) in [4.78, 5) is 0. The summed E-state index contributed by atoms with van der Waals surface area (Å²) in [5, 5.41) is 9.11. The highest BCUT2D eigenvalue weighted by molar-refractivity contribution is 7.91. The number of hydrogen-bond acceptors (Lipinski definition) is 3. The van der Waals surface area contributed by atoms with Gasteiger partial charge in [-0.15, -0.1) is 0 Å². The number of rotatable bonds is 5. The molecule has 0 saturated carbocycles. The molecule has 0 aliphatic carbocycles. The fourth-order valence-electron chi connectivity index (χ4n) is 1.84. The zero-order valence-electron chi connectivity index (χ0n) is 9.63. The third-order valence-corrected chi connectivity index (χ3v) is 4.03. The van der Waals surface area contributed by atoms with E-state index in [4.69, 9.17) is 0 Å². The Morgan fingerprint density at radius 1 is 1.25 bits per heavy atom. The molecular formula is C12H18O3S. The molecule has 0 aliphatic rings. The molecular weight excluding hydrogens is 224 g/mol. The van der Waals surface area contributed by atoms with Crippen molar-refractivity contribution in [2.24, 2.45) is 0 Å². The van der Waals surface area contributed by atoms with Crippen molar-refractivity contribution in [2.45, 2.75) is 31.1 Å². The Morgan fingerprint density at radius 3 is 2.25 bits per heavy atom. The molecule has 90 valence electrons. The first-order chi connectivity index (χ1) is 7.46. The van der Waals surface area contributed by atoms with Crippen molar-refractivity contribution in [2.75, 3.05) is 6.26 Å². The number of aliphatic hydroxyl groups excluding tert-OH is 1. The Hall–Kier alpha value is -0.870. The highest BCUT2D eigenvalue weighted by atomic mass is 32.2. The second kappa shape index (κ2) is 5.46. The molecule has 0 radical (unpaired) electrons. The molecule has 1 aromatic carbocycles. The number of hydrogen-bond donors (Lipinski definition) is 1. The molecule has 2 unspecified atom stereocenters. The third-order valence-electron chi connectivity index (χ3n) is 2.52. The highest BCUT2D eigenvalue weighted by Crippen LogP contribution is 2.27. The summed E-state index contributed by atoms with van der Waals surface area (Å²) >= 11 is 0. The molecule has 0 saturated heterocycles. The average molecular weight is 242 g/mol. The molecule has 0 heterocycles. The first-order valence-electron chi connectivity index (χ1n) is 5.38. The standard InChI is InChI=1S/C12H18O3S/c1-3-7-11(13)12(16(2,14)15)10-8-5-4-6-9-10/h4-6,8-9,11-13H,3,7H2,1-2H3. The van der Waals surface area contributed by atoms with Crippen LogP contribution in [0.1, 0.15) is 30.6 Å². The van der Waals surface area contributed by atoms with E-state index in [-0.39, 0.29) is 0 Å². The summed E-state index contributed by atoms with van der Waals surface area (Å²) in [5.74, 6) is 0. The molecule has 0 amide bonds. The van der Waals surface area contributed by atoms with E-state index in [9.17, 15) is 13.5 Å². The molecule has 1 rings (SSSR count). The Labute approximate surface area is 97.0 Å². The number of aliphatic hydroxyl groups is 1. The van der Waals surface area contributed by atoms with Gasteiger partial charge in [0.05, 0.1) is 6.10 Å². The molecule has 1 N–H and O–H groups in total. The molecule has 16 heavy (non-hydrogen) atoms. The summed E-state index contributed by atoms with van der Waals surface area (Å²) in [5.41, 5.74) is 0.658. The van der Waals surface area contributed by atoms with Gasteiger partial charge in [-0.05, 0) is 12.0 Å². The zero-order valence-corrected chi connectivity index (χ0v) is 10.4. The zero-order chi connectivity index (χ0) is 12.2. The Balaban J connectivity index is 3.07. The van der Waals surface area contributed by atoms with E-state index < -0.39 is 21.2 Å². The molecule has 3 nitrogen and oxygen atoms in total. The van der Waals surface area contributed by atoms with Gasteiger partial charge in [-0.1, -0.05) is 43.7 Å². The molecule has 1 aromatic rings. The Bertz CT molecular complexity index is 411. The van der Waals surface area contributed by atoms with E-state index in [0.717, 1.165) is 6.42 Å². The van der Waals surface area contributed by atoms with Gasteiger partial charge in [0, 0.05) is 6.26 Å².